The van der Waals surface area contributed by atoms with Gasteiger partial charge in [-0.25, -0.2) is 0 Å². The Labute approximate surface area is 142 Å². The summed E-state index contributed by atoms with van der Waals surface area (Å²) >= 11 is 0. The first-order valence-electron chi connectivity index (χ1n) is 8.74. The lowest BCUT2D eigenvalue weighted by Crippen LogP contribution is -2.49. The highest BCUT2D eigenvalue weighted by Crippen LogP contribution is 2.25. The van der Waals surface area contributed by atoms with Crippen LogP contribution in [0.2, 0.25) is 0 Å². The second-order valence-electron chi connectivity index (χ2n) is 7.25. The molecule has 23 heavy (non-hydrogen) atoms. The van der Waals surface area contributed by atoms with Crippen molar-refractivity contribution in [2.24, 2.45) is 17.8 Å². The lowest BCUT2D eigenvalue weighted by Gasteiger charge is -2.37. The largest absolute Gasteiger partial charge is 0.298 e. The van der Waals surface area contributed by atoms with Crippen molar-refractivity contribution in [3.8, 4) is 0 Å². The second kappa shape index (κ2) is 9.02. The van der Waals surface area contributed by atoms with Crippen LogP contribution in [0.4, 0.5) is 0 Å². The lowest BCUT2D eigenvalue weighted by molar-refractivity contribution is -0.129. The normalized spacial score (nSPS) is 16.3. The molecule has 0 amide bonds. The van der Waals surface area contributed by atoms with Gasteiger partial charge in [0.25, 0.3) is 0 Å². The van der Waals surface area contributed by atoms with E-state index in [4.69, 9.17) is 0 Å². The van der Waals surface area contributed by atoms with Gasteiger partial charge in [0.15, 0.2) is 5.78 Å². The molecule has 0 aliphatic carbocycles. The summed E-state index contributed by atoms with van der Waals surface area (Å²) in [5.41, 5.74) is 1.20. The number of benzene rings is 1. The van der Waals surface area contributed by atoms with Gasteiger partial charge in [0.05, 0.1) is 6.04 Å². The van der Waals surface area contributed by atoms with Gasteiger partial charge in [0.2, 0.25) is 0 Å². The third kappa shape index (κ3) is 5.62. The SMILES string of the molecule is CC(C)C(=O)[C@H]([C@H](C)[C@H](C)/C=C/c1ccccc1)N(C)C(C)C. The van der Waals surface area contributed by atoms with Gasteiger partial charge in [0, 0.05) is 12.0 Å². The van der Waals surface area contributed by atoms with E-state index in [9.17, 15) is 4.79 Å². The van der Waals surface area contributed by atoms with Crippen LogP contribution in [-0.4, -0.2) is 29.8 Å². The molecule has 0 aromatic heterocycles. The van der Waals surface area contributed by atoms with E-state index in [1.807, 2.05) is 32.0 Å². The van der Waals surface area contributed by atoms with E-state index < -0.39 is 0 Å². The zero-order chi connectivity index (χ0) is 17.6. The number of hydrogen-bond donors (Lipinski definition) is 0. The molecule has 0 N–H and O–H groups in total. The minimum Gasteiger partial charge on any atom is -0.298 e. The molecule has 0 aliphatic heterocycles. The number of nitrogens with zero attached hydrogens (tertiary/aromatic N) is 1. The molecule has 0 aliphatic rings. The average Bonchev–Trinajstić information content (AvgIpc) is 2.53. The van der Waals surface area contributed by atoms with E-state index in [1.54, 1.807) is 0 Å². The molecule has 3 atom stereocenters. The van der Waals surface area contributed by atoms with Crippen LogP contribution in [0.3, 0.4) is 0 Å². The Morgan fingerprint density at radius 1 is 1.00 bits per heavy atom. The lowest BCUT2D eigenvalue weighted by atomic mass is 9.82. The van der Waals surface area contributed by atoms with Crippen molar-refractivity contribution in [2.45, 2.75) is 53.6 Å². The van der Waals surface area contributed by atoms with Gasteiger partial charge in [-0.2, -0.15) is 0 Å². The molecule has 0 saturated carbocycles. The average molecular weight is 316 g/mol. The summed E-state index contributed by atoms with van der Waals surface area (Å²) in [6, 6.07) is 10.6. The summed E-state index contributed by atoms with van der Waals surface area (Å²) in [4.78, 5) is 15.0. The number of allylic oxidation sites excluding steroid dienone is 1. The van der Waals surface area contributed by atoms with Crippen LogP contribution in [0.15, 0.2) is 36.4 Å². The van der Waals surface area contributed by atoms with E-state index in [-0.39, 0.29) is 17.9 Å². The van der Waals surface area contributed by atoms with E-state index >= 15 is 0 Å². The summed E-state index contributed by atoms with van der Waals surface area (Å²) in [5.74, 6) is 1.02. The van der Waals surface area contributed by atoms with Gasteiger partial charge in [-0.15, -0.1) is 0 Å². The number of hydrogen-bond acceptors (Lipinski definition) is 2. The summed E-state index contributed by atoms with van der Waals surface area (Å²) in [7, 11) is 2.07. The maximum absolute atomic E-state index is 12.7. The molecule has 0 bridgehead atoms. The van der Waals surface area contributed by atoms with Crippen LogP contribution < -0.4 is 0 Å². The zero-order valence-electron chi connectivity index (χ0n) is 15.8. The van der Waals surface area contributed by atoms with Gasteiger partial charge in [0.1, 0.15) is 0 Å². The molecule has 0 unspecified atom stereocenters. The van der Waals surface area contributed by atoms with Crippen molar-refractivity contribution < 1.29 is 4.79 Å². The Morgan fingerprint density at radius 2 is 1.57 bits per heavy atom. The van der Waals surface area contributed by atoms with Crippen LogP contribution in [0.1, 0.15) is 47.1 Å². The first-order valence-corrected chi connectivity index (χ1v) is 8.74. The van der Waals surface area contributed by atoms with E-state index in [2.05, 4.69) is 63.9 Å². The van der Waals surface area contributed by atoms with Crippen molar-refractivity contribution in [3.05, 3.63) is 42.0 Å². The second-order valence-corrected chi connectivity index (χ2v) is 7.25. The fourth-order valence-electron chi connectivity index (χ4n) is 2.78. The molecule has 2 heteroatoms. The Bertz CT molecular complexity index is 504. The maximum Gasteiger partial charge on any atom is 0.152 e. The molecule has 1 rings (SSSR count). The van der Waals surface area contributed by atoms with Crippen molar-refractivity contribution in [1.29, 1.82) is 0 Å². The van der Waals surface area contributed by atoms with Gasteiger partial charge in [-0.1, -0.05) is 70.2 Å². The highest BCUT2D eigenvalue weighted by molar-refractivity contribution is 5.86. The van der Waals surface area contributed by atoms with E-state index in [0.717, 1.165) is 0 Å². The summed E-state index contributed by atoms with van der Waals surface area (Å²) in [6.45, 7) is 12.7. The van der Waals surface area contributed by atoms with E-state index in [1.165, 1.54) is 5.56 Å². The number of carbonyl (C=O) groups is 1. The molecule has 1 aromatic rings. The molecule has 0 saturated heterocycles. The molecular formula is C21H33NO. The number of Topliss-reactive ketones (excluding diaryl/α,β-unsaturated/α-hetero) is 1. The third-order valence-electron chi connectivity index (χ3n) is 4.83. The first-order chi connectivity index (χ1) is 10.8. The van der Waals surface area contributed by atoms with Gasteiger partial charge in [-0.05, 0) is 38.3 Å². The maximum atomic E-state index is 12.7. The Morgan fingerprint density at radius 3 is 2.04 bits per heavy atom. The fourth-order valence-corrected chi connectivity index (χ4v) is 2.78. The first kappa shape index (κ1) is 19.6. The minimum atomic E-state index is -0.0366. The van der Waals surface area contributed by atoms with Gasteiger partial charge >= 0.3 is 0 Å². The third-order valence-corrected chi connectivity index (χ3v) is 4.83. The Kier molecular flexibility index (Phi) is 7.70. The van der Waals surface area contributed by atoms with Gasteiger partial charge in [-0.3, -0.25) is 9.69 Å². The Hall–Kier alpha value is -1.41. The zero-order valence-corrected chi connectivity index (χ0v) is 15.8. The van der Waals surface area contributed by atoms with Crippen LogP contribution in [0, 0.1) is 17.8 Å². The smallest absolute Gasteiger partial charge is 0.152 e. The topological polar surface area (TPSA) is 20.3 Å². The number of likely N-dealkylation sites (N-methyl/N-ethyl adjacent to an activating group) is 1. The van der Waals surface area contributed by atoms with Crippen LogP contribution in [0.5, 0.6) is 0 Å². The number of rotatable bonds is 8. The monoisotopic (exact) mass is 315 g/mol. The van der Waals surface area contributed by atoms with Crippen molar-refractivity contribution in [2.75, 3.05) is 7.05 Å². The van der Waals surface area contributed by atoms with Crippen molar-refractivity contribution in [1.82, 2.24) is 4.90 Å². The molecule has 0 heterocycles. The Balaban J connectivity index is 2.92. The molecule has 0 fully saturated rings. The summed E-state index contributed by atoms with van der Waals surface area (Å²) < 4.78 is 0. The number of ketones is 1. The van der Waals surface area contributed by atoms with Crippen molar-refractivity contribution >= 4 is 11.9 Å². The number of carbonyl (C=O) groups excluding carboxylic acids is 1. The molecule has 1 aromatic carbocycles. The van der Waals surface area contributed by atoms with Crippen LogP contribution in [-0.2, 0) is 4.79 Å². The fraction of sp³-hybridized carbons (Fsp3) is 0.571. The van der Waals surface area contributed by atoms with Gasteiger partial charge < -0.3 is 0 Å². The molecule has 0 spiro atoms. The quantitative estimate of drug-likeness (QED) is 0.679. The molecular weight excluding hydrogens is 282 g/mol. The molecule has 2 nitrogen and oxygen atoms in total. The molecule has 128 valence electrons. The van der Waals surface area contributed by atoms with Crippen LogP contribution in [0.25, 0.3) is 6.08 Å². The predicted molar refractivity (Wildman–Crippen MR) is 100 cm³/mol. The van der Waals surface area contributed by atoms with Crippen LogP contribution >= 0.6 is 0 Å². The predicted octanol–water partition coefficient (Wildman–Crippen LogP) is 4.91. The summed E-state index contributed by atoms with van der Waals surface area (Å²) in [5, 5.41) is 0. The summed E-state index contributed by atoms with van der Waals surface area (Å²) in [6.07, 6.45) is 4.39. The molecule has 0 radical (unpaired) electrons. The minimum absolute atomic E-state index is 0.0366. The standard InChI is InChI=1S/C21H33NO/c1-15(2)21(23)20(22(7)16(3)4)18(6)17(5)13-14-19-11-9-8-10-12-19/h8-18,20H,1-7H3/b14-13+/t17-,18-,20+/m1/s1. The highest BCUT2D eigenvalue weighted by Gasteiger charge is 2.33. The van der Waals surface area contributed by atoms with Crippen molar-refractivity contribution in [3.63, 3.8) is 0 Å². The van der Waals surface area contributed by atoms with E-state index in [0.29, 0.717) is 17.7 Å². The highest BCUT2D eigenvalue weighted by atomic mass is 16.1.